The summed E-state index contributed by atoms with van der Waals surface area (Å²) < 4.78 is 29.5. The number of aliphatic hydroxyl groups excluding tert-OH is 1. The van der Waals surface area contributed by atoms with Crippen molar-refractivity contribution >= 4 is 43.9 Å². The summed E-state index contributed by atoms with van der Waals surface area (Å²) in [6.45, 7) is 8.64. The lowest BCUT2D eigenvalue weighted by Gasteiger charge is -2.41. The molecule has 210 valence electrons. The van der Waals surface area contributed by atoms with Crippen LogP contribution in [0.15, 0.2) is 36.7 Å². The van der Waals surface area contributed by atoms with Gasteiger partial charge in [-0.1, -0.05) is 26.8 Å². The second-order valence-electron chi connectivity index (χ2n) is 10.9. The molecule has 0 unspecified atom stereocenters. The Morgan fingerprint density at radius 3 is 2.59 bits per heavy atom. The number of pyridine rings is 1. The predicted octanol–water partition coefficient (Wildman–Crippen LogP) is 3.35. The molecule has 4 heterocycles. The summed E-state index contributed by atoms with van der Waals surface area (Å²) in [5.41, 5.74) is 2.31. The number of methoxy groups -OCH3 is 1. The number of β-amino-alcohol motifs (C(OH)–C–C–N with tert-alkyl or cyclic N) is 1. The van der Waals surface area contributed by atoms with Crippen LogP contribution in [0.5, 0.6) is 0 Å². The van der Waals surface area contributed by atoms with Gasteiger partial charge in [-0.05, 0) is 41.5 Å². The van der Waals surface area contributed by atoms with E-state index in [0.717, 1.165) is 29.5 Å². The molecule has 0 radical (unpaired) electrons. The molecule has 2 N–H and O–H groups in total. The van der Waals surface area contributed by atoms with Gasteiger partial charge in [0.25, 0.3) is 0 Å². The molecule has 2 aliphatic heterocycles. The van der Waals surface area contributed by atoms with Gasteiger partial charge in [-0.3, -0.25) is 0 Å². The Balaban J connectivity index is 1.36. The van der Waals surface area contributed by atoms with Crippen molar-refractivity contribution in [1.82, 2.24) is 15.0 Å². The molecule has 3 aromatic rings. The quantitative estimate of drug-likeness (QED) is 0.407. The molecule has 1 aromatic carbocycles. The van der Waals surface area contributed by atoms with Gasteiger partial charge >= 0.3 is 0 Å². The maximum atomic E-state index is 12.1. The minimum absolute atomic E-state index is 0.164. The molecule has 2 atom stereocenters. The molecule has 11 heteroatoms. The Bertz CT molecular complexity index is 1430. The maximum Gasteiger partial charge on any atom is 0.227 e. The summed E-state index contributed by atoms with van der Waals surface area (Å²) in [5.74, 6) is 2.78. The summed E-state index contributed by atoms with van der Waals surface area (Å²) >= 11 is 0. The molecular weight excluding hydrogens is 516 g/mol. The van der Waals surface area contributed by atoms with Gasteiger partial charge in [0.15, 0.2) is 0 Å². The minimum atomic E-state index is -2.98. The number of sulfone groups is 1. The van der Waals surface area contributed by atoms with Gasteiger partial charge in [0, 0.05) is 68.4 Å². The van der Waals surface area contributed by atoms with Crippen LogP contribution in [0.2, 0.25) is 0 Å². The van der Waals surface area contributed by atoms with E-state index < -0.39 is 15.9 Å². The smallest absolute Gasteiger partial charge is 0.227 e. The van der Waals surface area contributed by atoms with Crippen LogP contribution in [-0.2, 0) is 14.6 Å². The van der Waals surface area contributed by atoms with Crippen molar-refractivity contribution in [2.45, 2.75) is 45.3 Å². The van der Waals surface area contributed by atoms with E-state index in [1.807, 2.05) is 11.1 Å². The van der Waals surface area contributed by atoms with Crippen molar-refractivity contribution < 1.29 is 18.3 Å². The number of hydrogen-bond acceptors (Lipinski definition) is 10. The molecule has 39 heavy (non-hydrogen) atoms. The Kier molecular flexibility index (Phi) is 7.93. The second kappa shape index (κ2) is 11.2. The third kappa shape index (κ3) is 5.95. The van der Waals surface area contributed by atoms with Crippen molar-refractivity contribution in [1.29, 1.82) is 0 Å². The molecule has 10 nitrogen and oxygen atoms in total. The third-order valence-electron chi connectivity index (χ3n) is 7.77. The zero-order chi connectivity index (χ0) is 27.7. The summed E-state index contributed by atoms with van der Waals surface area (Å²) in [7, 11) is -1.36. The van der Waals surface area contributed by atoms with Gasteiger partial charge in [0.05, 0.1) is 18.0 Å². The standard InChI is InChI=1S/C28H38N6O4S/c1-5-39(36,37)17-19-14-34(15-19)23-7-6-20(18(2)3)21-12-27(30-13-22(21)23)31-26-8-10-29-28(32-26)33-11-9-25(38-4)24(35)16-33/h6-8,10,12-13,18-19,24-25,35H,5,9,11,14-17H2,1-4H3,(H,29,30,31,32)/t24-,25+/m1/s1. The number of piperidine rings is 1. The number of nitrogens with one attached hydrogen (secondary N) is 1. The summed E-state index contributed by atoms with van der Waals surface area (Å²) in [4.78, 5) is 18.0. The highest BCUT2D eigenvalue weighted by Crippen LogP contribution is 2.37. The molecule has 0 amide bonds. The van der Waals surface area contributed by atoms with Crippen molar-refractivity contribution in [3.05, 3.63) is 42.2 Å². The highest BCUT2D eigenvalue weighted by molar-refractivity contribution is 7.91. The SMILES string of the molecule is CCS(=O)(=O)CC1CN(c2ccc(C(C)C)c3cc(Nc4ccnc(N5CC[C@H](OC)[C@H](O)C5)n4)ncc23)C1. The first kappa shape index (κ1) is 27.5. The molecule has 2 aromatic heterocycles. The van der Waals surface area contributed by atoms with Crippen LogP contribution in [0.3, 0.4) is 0 Å². The average Bonchev–Trinajstić information content (AvgIpc) is 2.90. The highest BCUT2D eigenvalue weighted by atomic mass is 32.2. The van der Waals surface area contributed by atoms with Gasteiger partial charge in [-0.25, -0.2) is 18.4 Å². The molecule has 5 rings (SSSR count). The number of benzene rings is 1. The van der Waals surface area contributed by atoms with Gasteiger partial charge in [-0.15, -0.1) is 0 Å². The number of anilines is 4. The number of aromatic nitrogens is 3. The van der Waals surface area contributed by atoms with Gasteiger partial charge in [0.2, 0.25) is 5.95 Å². The number of fused-ring (bicyclic) bond motifs is 1. The second-order valence-corrected chi connectivity index (χ2v) is 13.3. The fourth-order valence-corrected chi connectivity index (χ4v) is 6.68. The Morgan fingerprint density at radius 2 is 1.90 bits per heavy atom. The first-order chi connectivity index (χ1) is 18.7. The van der Waals surface area contributed by atoms with Crippen LogP contribution in [0.1, 0.15) is 38.7 Å². The average molecular weight is 555 g/mol. The number of nitrogens with zero attached hydrogens (tertiary/aromatic N) is 5. The molecular formula is C28H38N6O4S. The van der Waals surface area contributed by atoms with E-state index in [2.05, 4.69) is 52.2 Å². The van der Waals surface area contributed by atoms with E-state index >= 15 is 0 Å². The Morgan fingerprint density at radius 1 is 1.10 bits per heavy atom. The van der Waals surface area contributed by atoms with Crippen molar-refractivity contribution in [2.24, 2.45) is 5.92 Å². The van der Waals surface area contributed by atoms with Crippen LogP contribution in [0.25, 0.3) is 10.8 Å². The zero-order valence-corrected chi connectivity index (χ0v) is 23.9. The molecule has 2 fully saturated rings. The summed E-state index contributed by atoms with van der Waals surface area (Å²) in [6, 6.07) is 8.16. The van der Waals surface area contributed by atoms with Crippen LogP contribution >= 0.6 is 0 Å². The van der Waals surface area contributed by atoms with E-state index in [-0.39, 0.29) is 23.5 Å². The first-order valence-electron chi connectivity index (χ1n) is 13.6. The summed E-state index contributed by atoms with van der Waals surface area (Å²) in [6.07, 6.45) is 3.54. The molecule has 0 spiro atoms. The van der Waals surface area contributed by atoms with E-state index in [4.69, 9.17) is 9.72 Å². The van der Waals surface area contributed by atoms with Crippen molar-refractivity contribution in [3.8, 4) is 0 Å². The number of aliphatic hydroxyl groups is 1. The van der Waals surface area contributed by atoms with Crippen LogP contribution in [0.4, 0.5) is 23.3 Å². The largest absolute Gasteiger partial charge is 0.389 e. The zero-order valence-electron chi connectivity index (χ0n) is 23.0. The van der Waals surface area contributed by atoms with Gasteiger partial charge in [0.1, 0.15) is 21.5 Å². The maximum absolute atomic E-state index is 12.1. The lowest BCUT2D eigenvalue weighted by molar-refractivity contribution is -0.0219. The molecule has 0 bridgehead atoms. The monoisotopic (exact) mass is 554 g/mol. The lowest BCUT2D eigenvalue weighted by atomic mass is 9.93. The highest BCUT2D eigenvalue weighted by Gasteiger charge is 2.32. The molecule has 2 aliphatic rings. The molecule has 0 saturated carbocycles. The van der Waals surface area contributed by atoms with Crippen LogP contribution in [0, 0.1) is 5.92 Å². The fourth-order valence-electron chi connectivity index (χ4n) is 5.51. The van der Waals surface area contributed by atoms with Crippen LogP contribution < -0.4 is 15.1 Å². The molecule has 2 saturated heterocycles. The minimum Gasteiger partial charge on any atom is -0.389 e. The van der Waals surface area contributed by atoms with Crippen LogP contribution in [-0.4, -0.2) is 85.5 Å². The Hall–Kier alpha value is -3.02. The summed E-state index contributed by atoms with van der Waals surface area (Å²) in [5, 5.41) is 15.9. The van der Waals surface area contributed by atoms with E-state index in [1.165, 1.54) is 5.56 Å². The predicted molar refractivity (Wildman–Crippen MR) is 155 cm³/mol. The first-order valence-corrected chi connectivity index (χ1v) is 15.4. The molecule has 0 aliphatic carbocycles. The third-order valence-corrected chi connectivity index (χ3v) is 9.62. The topological polar surface area (TPSA) is 121 Å². The van der Waals surface area contributed by atoms with Crippen molar-refractivity contribution in [3.63, 3.8) is 0 Å². The number of rotatable bonds is 9. The van der Waals surface area contributed by atoms with E-state index in [9.17, 15) is 13.5 Å². The van der Waals surface area contributed by atoms with E-state index in [0.29, 0.717) is 43.0 Å². The Labute approximate surface area is 230 Å². The van der Waals surface area contributed by atoms with Gasteiger partial charge < -0.3 is 25.0 Å². The lowest BCUT2D eigenvalue weighted by Crippen LogP contribution is -2.49. The number of hydrogen-bond donors (Lipinski definition) is 2. The van der Waals surface area contributed by atoms with E-state index in [1.54, 1.807) is 26.3 Å². The number of ether oxygens (including phenoxy) is 1. The normalized spacial score (nSPS) is 20.5. The van der Waals surface area contributed by atoms with Crippen molar-refractivity contribution in [2.75, 3.05) is 59.9 Å². The van der Waals surface area contributed by atoms with Gasteiger partial charge in [-0.2, -0.15) is 4.98 Å². The fraction of sp³-hybridized carbons (Fsp3) is 0.536.